The van der Waals surface area contributed by atoms with E-state index in [1.54, 1.807) is 6.07 Å². The molecule has 1 aromatic rings. The van der Waals surface area contributed by atoms with Crippen molar-refractivity contribution in [2.75, 3.05) is 26.2 Å². The molecule has 0 spiro atoms. The molecule has 1 fully saturated rings. The van der Waals surface area contributed by atoms with Gasteiger partial charge in [-0.15, -0.1) is 24.8 Å². The van der Waals surface area contributed by atoms with E-state index < -0.39 is 0 Å². The van der Waals surface area contributed by atoms with Crippen LogP contribution in [0, 0.1) is 5.41 Å². The van der Waals surface area contributed by atoms with E-state index in [1.807, 2.05) is 12.1 Å². The molecule has 0 amide bonds. The maximum Gasteiger partial charge on any atom is 0.115 e. The number of benzene rings is 1. The van der Waals surface area contributed by atoms with Gasteiger partial charge in [0, 0.05) is 32.2 Å². The first-order valence-corrected chi connectivity index (χ1v) is 6.72. The number of hydrogen-bond acceptors (Lipinski definition) is 3. The number of hydrogen-bond donors (Lipinski definition) is 2. The normalized spacial score (nSPS) is 17.8. The number of rotatable bonds is 2. The summed E-state index contributed by atoms with van der Waals surface area (Å²) < 4.78 is 0. The first kappa shape index (κ1) is 19.5. The summed E-state index contributed by atoms with van der Waals surface area (Å²) in [5, 5.41) is 13.1. The van der Waals surface area contributed by atoms with Crippen LogP contribution in [0.2, 0.25) is 0 Å². The molecule has 2 N–H and O–H groups in total. The molecule has 0 aliphatic carbocycles. The fourth-order valence-corrected chi connectivity index (χ4v) is 2.89. The van der Waals surface area contributed by atoms with Crippen LogP contribution in [-0.4, -0.2) is 36.2 Å². The fraction of sp³-hybridized carbons (Fsp3) is 0.600. The molecular formula is C15H26Cl2N2O. The maximum absolute atomic E-state index is 9.70. The van der Waals surface area contributed by atoms with Gasteiger partial charge in [0.2, 0.25) is 0 Å². The second kappa shape index (κ2) is 8.08. The average Bonchev–Trinajstić information content (AvgIpc) is 2.28. The third-order valence-corrected chi connectivity index (χ3v) is 3.52. The van der Waals surface area contributed by atoms with Crippen LogP contribution in [0.5, 0.6) is 5.75 Å². The van der Waals surface area contributed by atoms with Crippen LogP contribution in [0.3, 0.4) is 0 Å². The summed E-state index contributed by atoms with van der Waals surface area (Å²) in [4.78, 5) is 2.52. The molecule has 0 saturated carbocycles. The minimum atomic E-state index is 0. The van der Waals surface area contributed by atoms with Gasteiger partial charge in [-0.25, -0.2) is 0 Å². The van der Waals surface area contributed by atoms with Crippen molar-refractivity contribution in [3.8, 4) is 5.75 Å². The van der Waals surface area contributed by atoms with Crippen LogP contribution in [0.15, 0.2) is 24.3 Å². The molecule has 2 rings (SSSR count). The highest BCUT2D eigenvalue weighted by atomic mass is 35.5. The average molecular weight is 321 g/mol. The summed E-state index contributed by atoms with van der Waals surface area (Å²) in [5.41, 5.74) is 1.37. The van der Waals surface area contributed by atoms with Crippen LogP contribution in [0.4, 0.5) is 0 Å². The van der Waals surface area contributed by atoms with E-state index in [4.69, 9.17) is 0 Å². The van der Waals surface area contributed by atoms with Crippen LogP contribution in [0.25, 0.3) is 0 Å². The molecule has 1 heterocycles. The summed E-state index contributed by atoms with van der Waals surface area (Å²) >= 11 is 0. The van der Waals surface area contributed by atoms with E-state index in [0.717, 1.165) is 26.2 Å². The predicted octanol–water partition coefficient (Wildman–Crippen LogP) is 3.23. The lowest BCUT2D eigenvalue weighted by atomic mass is 9.81. The van der Waals surface area contributed by atoms with Crippen LogP contribution < -0.4 is 5.32 Å². The largest absolute Gasteiger partial charge is 0.508 e. The predicted molar refractivity (Wildman–Crippen MR) is 89.2 cm³/mol. The molecule has 1 saturated heterocycles. The Balaban J connectivity index is 0.00000180. The van der Waals surface area contributed by atoms with Gasteiger partial charge >= 0.3 is 0 Å². The zero-order chi connectivity index (χ0) is 13.2. The molecule has 116 valence electrons. The SMILES string of the molecule is CC(C)(C)[C@@H](c1cccc(O)c1)N1CCNCC1.Cl.Cl. The summed E-state index contributed by atoms with van der Waals surface area (Å²) in [6.07, 6.45) is 0. The van der Waals surface area contributed by atoms with Gasteiger partial charge in [0.15, 0.2) is 0 Å². The molecule has 3 nitrogen and oxygen atoms in total. The smallest absolute Gasteiger partial charge is 0.115 e. The number of nitrogens with zero attached hydrogens (tertiary/aromatic N) is 1. The molecule has 0 unspecified atom stereocenters. The van der Waals surface area contributed by atoms with Crippen molar-refractivity contribution in [2.45, 2.75) is 26.8 Å². The monoisotopic (exact) mass is 320 g/mol. The number of nitrogens with one attached hydrogen (secondary N) is 1. The summed E-state index contributed by atoms with van der Waals surface area (Å²) in [6, 6.07) is 8.05. The lowest BCUT2D eigenvalue weighted by Gasteiger charge is -2.42. The van der Waals surface area contributed by atoms with E-state index in [0.29, 0.717) is 11.8 Å². The quantitative estimate of drug-likeness (QED) is 0.878. The highest BCUT2D eigenvalue weighted by Gasteiger charge is 2.32. The van der Waals surface area contributed by atoms with Gasteiger partial charge in [-0.1, -0.05) is 32.9 Å². The van der Waals surface area contributed by atoms with Crippen LogP contribution in [-0.2, 0) is 0 Å². The first-order chi connectivity index (χ1) is 8.48. The highest BCUT2D eigenvalue weighted by Crippen LogP contribution is 2.38. The van der Waals surface area contributed by atoms with Crippen molar-refractivity contribution in [1.29, 1.82) is 0 Å². The lowest BCUT2D eigenvalue weighted by Crippen LogP contribution is -2.48. The molecule has 0 aromatic heterocycles. The second-order valence-electron chi connectivity index (χ2n) is 6.15. The summed E-state index contributed by atoms with van der Waals surface area (Å²) in [6.45, 7) is 11.0. The van der Waals surface area contributed by atoms with Gasteiger partial charge in [-0.3, -0.25) is 4.90 Å². The number of piperazine rings is 1. The third-order valence-electron chi connectivity index (χ3n) is 3.52. The van der Waals surface area contributed by atoms with Crippen molar-refractivity contribution in [1.82, 2.24) is 10.2 Å². The van der Waals surface area contributed by atoms with Gasteiger partial charge in [0.05, 0.1) is 0 Å². The molecule has 0 bridgehead atoms. The standard InChI is InChI=1S/C15H24N2O.2ClH/c1-15(2,3)14(17-9-7-16-8-10-17)12-5-4-6-13(18)11-12;;/h4-6,11,14,16,18H,7-10H2,1-3H3;2*1H/t14-;;/m1../s1. The Hall–Kier alpha value is -0.480. The first-order valence-electron chi connectivity index (χ1n) is 6.72. The highest BCUT2D eigenvalue weighted by molar-refractivity contribution is 5.85. The summed E-state index contributed by atoms with van der Waals surface area (Å²) in [7, 11) is 0. The molecule has 1 aliphatic heterocycles. The Morgan fingerprint density at radius 1 is 1.15 bits per heavy atom. The Kier molecular flexibility index (Phi) is 7.89. The molecule has 0 radical (unpaired) electrons. The van der Waals surface area contributed by atoms with Gasteiger partial charge in [-0.05, 0) is 23.1 Å². The van der Waals surface area contributed by atoms with Gasteiger partial charge in [0.1, 0.15) is 5.75 Å². The van der Waals surface area contributed by atoms with Crippen molar-refractivity contribution in [3.63, 3.8) is 0 Å². The van der Waals surface area contributed by atoms with Gasteiger partial charge < -0.3 is 10.4 Å². The molecule has 1 atom stereocenters. The fourth-order valence-electron chi connectivity index (χ4n) is 2.89. The minimum Gasteiger partial charge on any atom is -0.508 e. The van der Waals surface area contributed by atoms with Crippen molar-refractivity contribution < 1.29 is 5.11 Å². The van der Waals surface area contributed by atoms with E-state index >= 15 is 0 Å². The maximum atomic E-state index is 9.70. The van der Waals surface area contributed by atoms with Crippen molar-refractivity contribution in [2.24, 2.45) is 5.41 Å². The third kappa shape index (κ3) is 4.81. The number of halogens is 2. The lowest BCUT2D eigenvalue weighted by molar-refractivity contribution is 0.0861. The molecule has 20 heavy (non-hydrogen) atoms. The van der Waals surface area contributed by atoms with E-state index in [1.165, 1.54) is 5.56 Å². The topological polar surface area (TPSA) is 35.5 Å². The van der Waals surface area contributed by atoms with Crippen molar-refractivity contribution >= 4 is 24.8 Å². The van der Waals surface area contributed by atoms with Gasteiger partial charge in [-0.2, -0.15) is 0 Å². The van der Waals surface area contributed by atoms with Crippen LogP contribution >= 0.6 is 24.8 Å². The zero-order valence-corrected chi connectivity index (χ0v) is 14.1. The van der Waals surface area contributed by atoms with E-state index in [9.17, 15) is 5.11 Å². The van der Waals surface area contributed by atoms with Crippen LogP contribution in [0.1, 0.15) is 32.4 Å². The number of phenolic OH excluding ortho intramolecular Hbond substituents is 1. The Morgan fingerprint density at radius 3 is 2.25 bits per heavy atom. The molecule has 1 aromatic carbocycles. The number of phenols is 1. The zero-order valence-electron chi connectivity index (χ0n) is 12.4. The Labute approximate surface area is 134 Å². The number of aromatic hydroxyl groups is 1. The Morgan fingerprint density at radius 2 is 1.75 bits per heavy atom. The molecular weight excluding hydrogens is 295 g/mol. The molecule has 5 heteroatoms. The van der Waals surface area contributed by atoms with E-state index in [2.05, 4.69) is 37.1 Å². The van der Waals surface area contributed by atoms with Gasteiger partial charge in [0.25, 0.3) is 0 Å². The molecule has 1 aliphatic rings. The second-order valence-corrected chi connectivity index (χ2v) is 6.15. The van der Waals surface area contributed by atoms with E-state index in [-0.39, 0.29) is 30.2 Å². The Bertz CT molecular complexity index is 401. The summed E-state index contributed by atoms with van der Waals surface area (Å²) in [5.74, 6) is 0.358. The minimum absolute atomic E-state index is 0. The van der Waals surface area contributed by atoms with Crippen molar-refractivity contribution in [3.05, 3.63) is 29.8 Å².